The first-order valence-corrected chi connectivity index (χ1v) is 14.4. The van der Waals surface area contributed by atoms with Crippen LogP contribution in [0.15, 0.2) is 71.7 Å². The number of rotatable bonds is 18. The summed E-state index contributed by atoms with van der Waals surface area (Å²) in [6.07, 6.45) is 13.3. The lowest BCUT2D eigenvalue weighted by Gasteiger charge is -2.08. The van der Waals surface area contributed by atoms with E-state index in [-0.39, 0.29) is 5.75 Å². The van der Waals surface area contributed by atoms with Crippen molar-refractivity contribution < 1.29 is 14.6 Å². The Labute approximate surface area is 234 Å². The Morgan fingerprint density at radius 1 is 0.718 bits per heavy atom. The molecule has 0 radical (unpaired) electrons. The molecule has 3 aromatic rings. The Hall–Kier alpha value is -3.78. The van der Waals surface area contributed by atoms with Gasteiger partial charge in [-0.3, -0.25) is 4.99 Å². The molecule has 0 fully saturated rings. The summed E-state index contributed by atoms with van der Waals surface area (Å²) in [5.74, 6) is 1.82. The first-order chi connectivity index (χ1) is 19.2. The van der Waals surface area contributed by atoms with Gasteiger partial charge in [0.2, 0.25) is 0 Å². The number of aliphatic imine (C=N–C) groups is 1. The van der Waals surface area contributed by atoms with E-state index >= 15 is 0 Å². The molecule has 5 nitrogen and oxygen atoms in total. The first kappa shape index (κ1) is 29.8. The average molecular weight is 527 g/mol. The number of nitrogens with zero attached hydrogens (tertiary/aromatic N) is 2. The van der Waals surface area contributed by atoms with Crippen LogP contribution in [-0.4, -0.2) is 31.1 Å². The number of benzene rings is 3. The second-order valence-electron chi connectivity index (χ2n) is 9.85. The van der Waals surface area contributed by atoms with Crippen LogP contribution in [0.2, 0.25) is 0 Å². The van der Waals surface area contributed by atoms with Crippen LogP contribution >= 0.6 is 0 Å². The lowest BCUT2D eigenvalue weighted by Crippen LogP contribution is -1.98. The molecule has 3 aromatic carbocycles. The third kappa shape index (κ3) is 11.2. The van der Waals surface area contributed by atoms with Crippen molar-refractivity contribution in [3.05, 3.63) is 77.9 Å². The van der Waals surface area contributed by atoms with Gasteiger partial charge in [-0.25, -0.2) is 0 Å². The molecule has 0 unspecified atom stereocenters. The highest BCUT2D eigenvalue weighted by Crippen LogP contribution is 2.24. The van der Waals surface area contributed by atoms with Crippen molar-refractivity contribution >= 4 is 6.21 Å². The molecule has 0 aliphatic carbocycles. The van der Waals surface area contributed by atoms with E-state index in [0.717, 1.165) is 61.3 Å². The lowest BCUT2D eigenvalue weighted by molar-refractivity contribution is 0.299. The van der Waals surface area contributed by atoms with Crippen molar-refractivity contribution in [2.75, 3.05) is 19.8 Å². The van der Waals surface area contributed by atoms with Crippen LogP contribution < -0.4 is 9.47 Å². The van der Waals surface area contributed by atoms with Gasteiger partial charge < -0.3 is 14.6 Å². The number of hydrogen-bond acceptors (Lipinski definition) is 5. The highest BCUT2D eigenvalue weighted by Gasteiger charge is 2.03. The van der Waals surface area contributed by atoms with Crippen molar-refractivity contribution in [3.8, 4) is 34.4 Å². The van der Waals surface area contributed by atoms with Crippen molar-refractivity contribution in [2.24, 2.45) is 4.99 Å². The van der Waals surface area contributed by atoms with E-state index in [1.165, 1.54) is 38.5 Å². The lowest BCUT2D eigenvalue weighted by atomic mass is 10.0. The van der Waals surface area contributed by atoms with Crippen LogP contribution in [0.3, 0.4) is 0 Å². The van der Waals surface area contributed by atoms with E-state index in [0.29, 0.717) is 17.9 Å². The van der Waals surface area contributed by atoms with Gasteiger partial charge in [0, 0.05) is 24.4 Å². The number of phenols is 1. The predicted molar refractivity (Wildman–Crippen MR) is 160 cm³/mol. The van der Waals surface area contributed by atoms with Crippen LogP contribution in [-0.2, 0) is 0 Å². The molecule has 0 aliphatic rings. The smallest absolute Gasteiger partial charge is 0.128 e. The first-order valence-electron chi connectivity index (χ1n) is 14.4. The molecule has 0 aromatic heterocycles. The third-order valence-corrected chi connectivity index (χ3v) is 6.65. The maximum Gasteiger partial charge on any atom is 0.128 e. The standard InChI is InChI=1S/C34H42N2O3/c1-2-3-9-22-36-27-31-18-21-33(25-34(31)37)39-24-11-8-6-4-5-7-10-23-38-32-19-16-30(17-20-32)29-14-12-28(26-35)13-15-29/h12-21,25,27,37H,2-11,22-24H2,1H3. The molecule has 0 saturated carbocycles. The van der Waals surface area contributed by atoms with Gasteiger partial charge in [-0.2, -0.15) is 5.26 Å². The Morgan fingerprint density at radius 2 is 1.28 bits per heavy atom. The number of ether oxygens (including phenoxy) is 2. The Morgan fingerprint density at radius 3 is 1.87 bits per heavy atom. The molecule has 0 aliphatic heterocycles. The van der Waals surface area contributed by atoms with Crippen molar-refractivity contribution in [2.45, 2.75) is 71.1 Å². The summed E-state index contributed by atoms with van der Waals surface area (Å²) in [5, 5.41) is 19.1. The minimum absolute atomic E-state index is 0.218. The fourth-order valence-corrected chi connectivity index (χ4v) is 4.29. The van der Waals surface area contributed by atoms with Gasteiger partial charge in [0.1, 0.15) is 17.2 Å². The molecule has 0 bridgehead atoms. The SMILES string of the molecule is CCCCCN=Cc1ccc(OCCCCCCCCCOc2ccc(-c3ccc(C#N)cc3)cc2)cc1O. The molecule has 0 saturated heterocycles. The van der Waals surface area contributed by atoms with Gasteiger partial charge in [-0.05, 0) is 66.8 Å². The molecule has 5 heteroatoms. The van der Waals surface area contributed by atoms with Crippen molar-refractivity contribution in [1.29, 1.82) is 5.26 Å². The molecule has 1 N–H and O–H groups in total. The maximum absolute atomic E-state index is 10.2. The van der Waals surface area contributed by atoms with Gasteiger partial charge in [0.05, 0.1) is 24.8 Å². The van der Waals surface area contributed by atoms with E-state index in [2.05, 4.69) is 30.1 Å². The van der Waals surface area contributed by atoms with Crippen LogP contribution in [0.5, 0.6) is 17.2 Å². The quantitative estimate of drug-likeness (QED) is 0.133. The monoisotopic (exact) mass is 526 g/mol. The van der Waals surface area contributed by atoms with Crippen LogP contribution in [0.4, 0.5) is 0 Å². The fourth-order valence-electron chi connectivity index (χ4n) is 4.29. The van der Waals surface area contributed by atoms with Crippen molar-refractivity contribution in [3.63, 3.8) is 0 Å². The maximum atomic E-state index is 10.2. The van der Waals surface area contributed by atoms with Gasteiger partial charge in [0.15, 0.2) is 0 Å². The van der Waals surface area contributed by atoms with Crippen LogP contribution in [0, 0.1) is 11.3 Å². The number of unbranched alkanes of at least 4 members (excludes halogenated alkanes) is 8. The minimum atomic E-state index is 0.218. The molecule has 39 heavy (non-hydrogen) atoms. The molecule has 206 valence electrons. The minimum Gasteiger partial charge on any atom is -0.507 e. The van der Waals surface area contributed by atoms with E-state index in [4.69, 9.17) is 14.7 Å². The highest BCUT2D eigenvalue weighted by atomic mass is 16.5. The predicted octanol–water partition coefficient (Wildman–Crippen LogP) is 8.73. The number of nitriles is 1. The van der Waals surface area contributed by atoms with Gasteiger partial charge >= 0.3 is 0 Å². The Bertz CT molecular complexity index is 1160. The molecule has 0 heterocycles. The average Bonchev–Trinajstić information content (AvgIpc) is 2.97. The third-order valence-electron chi connectivity index (χ3n) is 6.65. The Balaban J connectivity index is 1.18. The van der Waals surface area contributed by atoms with E-state index in [9.17, 15) is 5.11 Å². The second-order valence-corrected chi connectivity index (χ2v) is 9.85. The zero-order valence-corrected chi connectivity index (χ0v) is 23.3. The zero-order chi connectivity index (χ0) is 27.5. The summed E-state index contributed by atoms with van der Waals surface area (Å²) in [5.41, 5.74) is 3.62. The Kier molecular flexibility index (Phi) is 13.5. The van der Waals surface area contributed by atoms with E-state index < -0.39 is 0 Å². The van der Waals surface area contributed by atoms with Crippen LogP contribution in [0.25, 0.3) is 11.1 Å². The highest BCUT2D eigenvalue weighted by molar-refractivity contribution is 5.83. The van der Waals surface area contributed by atoms with E-state index in [1.807, 2.05) is 48.5 Å². The number of hydrogen-bond donors (Lipinski definition) is 1. The van der Waals surface area contributed by atoms with Gasteiger partial charge in [0.25, 0.3) is 0 Å². The molecular formula is C34H42N2O3. The summed E-state index contributed by atoms with van der Waals surface area (Å²) < 4.78 is 11.7. The molecule has 0 spiro atoms. The van der Waals surface area contributed by atoms with E-state index in [1.54, 1.807) is 12.3 Å². The summed E-state index contributed by atoms with van der Waals surface area (Å²) in [7, 11) is 0. The van der Waals surface area contributed by atoms with Gasteiger partial charge in [-0.1, -0.05) is 76.1 Å². The molecule has 0 amide bonds. The normalized spacial score (nSPS) is 11.0. The van der Waals surface area contributed by atoms with Crippen molar-refractivity contribution in [1.82, 2.24) is 0 Å². The largest absolute Gasteiger partial charge is 0.507 e. The molecular weight excluding hydrogens is 484 g/mol. The molecule has 0 atom stereocenters. The summed E-state index contributed by atoms with van der Waals surface area (Å²) in [4.78, 5) is 4.39. The summed E-state index contributed by atoms with van der Waals surface area (Å²) in [6, 6.07) is 23.4. The van der Waals surface area contributed by atoms with Crippen LogP contribution in [0.1, 0.15) is 82.3 Å². The number of aromatic hydroxyl groups is 1. The summed E-state index contributed by atoms with van der Waals surface area (Å²) >= 11 is 0. The number of phenolic OH excluding ortho intramolecular Hbond substituents is 1. The summed E-state index contributed by atoms with van der Waals surface area (Å²) in [6.45, 7) is 4.38. The fraction of sp³-hybridized carbons (Fsp3) is 0.412. The zero-order valence-electron chi connectivity index (χ0n) is 23.3. The molecule has 3 rings (SSSR count). The topological polar surface area (TPSA) is 74.8 Å². The second kappa shape index (κ2) is 17.7. The van der Waals surface area contributed by atoms with Gasteiger partial charge in [-0.15, -0.1) is 0 Å².